The summed E-state index contributed by atoms with van der Waals surface area (Å²) in [4.78, 5) is 6.55. The van der Waals surface area contributed by atoms with Crippen LogP contribution >= 0.6 is 0 Å². The van der Waals surface area contributed by atoms with Gasteiger partial charge in [0.15, 0.2) is 0 Å². The quantitative estimate of drug-likeness (QED) is 0.237. The van der Waals surface area contributed by atoms with E-state index < -0.39 is 0 Å². The predicted octanol–water partition coefficient (Wildman–Crippen LogP) is 6.46. The number of hydrogen-bond acceptors (Lipinski definition) is 3. The fraction of sp³-hybridized carbons (Fsp3) is 0.870. The van der Waals surface area contributed by atoms with Gasteiger partial charge in [-0.1, -0.05) is 76.9 Å². The van der Waals surface area contributed by atoms with Crippen LogP contribution in [0.5, 0.6) is 0 Å². The summed E-state index contributed by atoms with van der Waals surface area (Å²) in [6.45, 7) is 4.91. The van der Waals surface area contributed by atoms with E-state index in [0.717, 1.165) is 13.0 Å². The second-order valence-corrected chi connectivity index (χ2v) is 7.87. The van der Waals surface area contributed by atoms with Crippen molar-refractivity contribution in [1.29, 1.82) is 0 Å². The van der Waals surface area contributed by atoms with Crippen molar-refractivity contribution in [1.82, 2.24) is 4.90 Å². The van der Waals surface area contributed by atoms with Crippen LogP contribution in [0.1, 0.15) is 110 Å². The molecule has 0 bridgehead atoms. The van der Waals surface area contributed by atoms with E-state index in [4.69, 9.17) is 0 Å². The highest BCUT2D eigenvalue weighted by Gasteiger charge is 2.23. The van der Waals surface area contributed by atoms with Gasteiger partial charge in [0.1, 0.15) is 12.4 Å². The van der Waals surface area contributed by atoms with E-state index in [2.05, 4.69) is 29.0 Å². The van der Waals surface area contributed by atoms with Crippen LogP contribution in [0, 0.1) is 0 Å². The molecule has 0 radical (unpaired) electrons. The lowest BCUT2D eigenvalue weighted by molar-refractivity contribution is 0.00710. The van der Waals surface area contributed by atoms with Gasteiger partial charge in [0.05, 0.1) is 0 Å². The molecule has 0 spiro atoms. The normalized spacial score (nSPS) is 19.0. The number of aliphatic imine (C=N–C) groups is 1. The van der Waals surface area contributed by atoms with Gasteiger partial charge >= 0.3 is 0 Å². The van der Waals surface area contributed by atoms with Crippen LogP contribution in [0.3, 0.4) is 0 Å². The number of aliphatic hydroxyl groups excluding tert-OH is 1. The number of hydrogen-bond donors (Lipinski definition) is 1. The Kier molecular flexibility index (Phi) is 14.8. The second kappa shape index (κ2) is 16.5. The number of nitrogens with zero attached hydrogens (tertiary/aromatic N) is 2. The first-order chi connectivity index (χ1) is 12.8. The standard InChI is InChI=1S/C23H44N2O/c1-3-4-5-6-7-8-9-10-11-12-13-14-15-16-17-18-19-23-24-20-21-25(23)22(2)26/h8-9,20,22-23,26H,3-7,10-19,21H2,1-2H3/b9-8+. The van der Waals surface area contributed by atoms with E-state index in [-0.39, 0.29) is 12.4 Å². The first kappa shape index (κ1) is 23.4. The van der Waals surface area contributed by atoms with E-state index in [0.29, 0.717) is 0 Å². The minimum atomic E-state index is -0.376. The third kappa shape index (κ3) is 11.9. The molecule has 0 amide bonds. The molecule has 1 rings (SSSR count). The van der Waals surface area contributed by atoms with E-state index >= 15 is 0 Å². The maximum absolute atomic E-state index is 9.70. The summed E-state index contributed by atoms with van der Waals surface area (Å²) in [5.74, 6) is 0. The van der Waals surface area contributed by atoms with Crippen molar-refractivity contribution in [2.45, 2.75) is 123 Å². The molecular formula is C23H44N2O. The topological polar surface area (TPSA) is 35.8 Å². The fourth-order valence-electron chi connectivity index (χ4n) is 3.69. The lowest BCUT2D eigenvalue weighted by Crippen LogP contribution is -2.37. The van der Waals surface area contributed by atoms with Crippen LogP contribution in [0.4, 0.5) is 0 Å². The average Bonchev–Trinajstić information content (AvgIpc) is 3.10. The Labute approximate surface area is 163 Å². The number of allylic oxidation sites excluding steroid dienone is 2. The smallest absolute Gasteiger partial charge is 0.106 e. The summed E-state index contributed by atoms with van der Waals surface area (Å²) in [7, 11) is 0. The lowest BCUT2D eigenvalue weighted by Gasteiger charge is -2.25. The molecule has 3 nitrogen and oxygen atoms in total. The molecule has 2 atom stereocenters. The Balaban J connectivity index is 1.80. The van der Waals surface area contributed by atoms with Crippen LogP contribution in [-0.2, 0) is 0 Å². The molecule has 0 saturated carbocycles. The van der Waals surface area contributed by atoms with Gasteiger partial charge in [-0.3, -0.25) is 9.89 Å². The SMILES string of the molecule is CCCCCC/C=C/CCCCCCCCCCC1N=CCN1C(C)O. The average molecular weight is 365 g/mol. The van der Waals surface area contributed by atoms with Gasteiger partial charge in [-0.2, -0.15) is 0 Å². The summed E-state index contributed by atoms with van der Waals surface area (Å²) >= 11 is 0. The summed E-state index contributed by atoms with van der Waals surface area (Å²) in [5, 5.41) is 9.70. The zero-order chi connectivity index (χ0) is 18.9. The largest absolute Gasteiger partial charge is 0.379 e. The summed E-state index contributed by atoms with van der Waals surface area (Å²) < 4.78 is 0. The van der Waals surface area contributed by atoms with Gasteiger partial charge in [0.25, 0.3) is 0 Å². The number of rotatable bonds is 17. The summed E-state index contributed by atoms with van der Waals surface area (Å²) in [5.41, 5.74) is 0. The Morgan fingerprint density at radius 2 is 1.46 bits per heavy atom. The summed E-state index contributed by atoms with van der Waals surface area (Å²) in [6.07, 6.45) is 26.5. The Bertz CT molecular complexity index is 365. The Morgan fingerprint density at radius 3 is 2.04 bits per heavy atom. The molecule has 1 heterocycles. The first-order valence-corrected chi connectivity index (χ1v) is 11.4. The second-order valence-electron chi connectivity index (χ2n) is 7.87. The Morgan fingerprint density at radius 1 is 0.923 bits per heavy atom. The van der Waals surface area contributed by atoms with Crippen molar-refractivity contribution in [3.05, 3.63) is 12.2 Å². The van der Waals surface area contributed by atoms with Crippen LogP contribution in [0.15, 0.2) is 17.1 Å². The van der Waals surface area contributed by atoms with Gasteiger partial charge in [-0.05, 0) is 45.4 Å². The van der Waals surface area contributed by atoms with Crippen molar-refractivity contribution in [3.8, 4) is 0 Å². The maximum atomic E-state index is 9.70. The third-order valence-electron chi connectivity index (χ3n) is 5.41. The molecule has 0 aromatic heterocycles. The Hall–Kier alpha value is -0.670. The number of unbranched alkanes of at least 4 members (excludes halogenated alkanes) is 12. The lowest BCUT2D eigenvalue weighted by atomic mass is 10.1. The molecule has 0 aromatic rings. The predicted molar refractivity (Wildman–Crippen MR) is 115 cm³/mol. The van der Waals surface area contributed by atoms with Crippen LogP contribution in [0.2, 0.25) is 0 Å². The first-order valence-electron chi connectivity index (χ1n) is 11.4. The van der Waals surface area contributed by atoms with Crippen LogP contribution in [0.25, 0.3) is 0 Å². The van der Waals surface area contributed by atoms with Gasteiger partial charge in [-0.15, -0.1) is 0 Å². The van der Waals surface area contributed by atoms with E-state index in [1.807, 2.05) is 13.1 Å². The van der Waals surface area contributed by atoms with Crippen molar-refractivity contribution >= 4 is 6.21 Å². The van der Waals surface area contributed by atoms with E-state index in [1.54, 1.807) is 0 Å². The molecule has 0 aliphatic carbocycles. The zero-order valence-electron chi connectivity index (χ0n) is 17.5. The highest BCUT2D eigenvalue weighted by Crippen LogP contribution is 2.18. The monoisotopic (exact) mass is 364 g/mol. The molecular weight excluding hydrogens is 320 g/mol. The molecule has 26 heavy (non-hydrogen) atoms. The third-order valence-corrected chi connectivity index (χ3v) is 5.41. The summed E-state index contributed by atoms with van der Waals surface area (Å²) in [6, 6.07) is 0. The van der Waals surface area contributed by atoms with Gasteiger partial charge in [-0.25, -0.2) is 0 Å². The molecule has 2 unspecified atom stereocenters. The molecule has 0 aromatic carbocycles. The molecule has 152 valence electrons. The minimum absolute atomic E-state index is 0.217. The highest BCUT2D eigenvalue weighted by atomic mass is 16.3. The van der Waals surface area contributed by atoms with Crippen molar-refractivity contribution in [3.63, 3.8) is 0 Å². The highest BCUT2D eigenvalue weighted by molar-refractivity contribution is 5.62. The van der Waals surface area contributed by atoms with Gasteiger partial charge in [0.2, 0.25) is 0 Å². The molecule has 3 heteroatoms. The van der Waals surface area contributed by atoms with E-state index in [9.17, 15) is 5.11 Å². The van der Waals surface area contributed by atoms with Crippen LogP contribution in [-0.4, -0.2) is 35.2 Å². The van der Waals surface area contributed by atoms with Gasteiger partial charge in [0, 0.05) is 12.8 Å². The molecule has 0 fully saturated rings. The molecule has 1 aliphatic heterocycles. The molecule has 0 saturated heterocycles. The fourth-order valence-corrected chi connectivity index (χ4v) is 3.69. The maximum Gasteiger partial charge on any atom is 0.106 e. The molecule has 1 N–H and O–H groups in total. The number of aliphatic hydroxyl groups is 1. The van der Waals surface area contributed by atoms with Crippen molar-refractivity contribution in [2.24, 2.45) is 4.99 Å². The van der Waals surface area contributed by atoms with Gasteiger partial charge < -0.3 is 5.11 Å². The van der Waals surface area contributed by atoms with Crippen molar-refractivity contribution < 1.29 is 5.11 Å². The molecule has 1 aliphatic rings. The minimum Gasteiger partial charge on any atom is -0.379 e. The van der Waals surface area contributed by atoms with Crippen molar-refractivity contribution in [2.75, 3.05) is 6.54 Å². The zero-order valence-corrected chi connectivity index (χ0v) is 17.5. The van der Waals surface area contributed by atoms with E-state index in [1.165, 1.54) is 89.9 Å². The van der Waals surface area contributed by atoms with Crippen LogP contribution < -0.4 is 0 Å².